The van der Waals surface area contributed by atoms with Gasteiger partial charge >= 0.3 is 0 Å². The van der Waals surface area contributed by atoms with Gasteiger partial charge in [-0.2, -0.15) is 0 Å². The maximum Gasteiger partial charge on any atom is 0.161 e. The Morgan fingerprint density at radius 1 is 1.19 bits per heavy atom. The number of imidazole rings is 1. The number of aromatic amines is 1. The Hall–Kier alpha value is -3.52. The number of aliphatic hydroxyl groups excluding tert-OH is 1. The lowest BCUT2D eigenvalue weighted by molar-refractivity contribution is 0.195. The second kappa shape index (κ2) is 7.63. The number of nitrogens with one attached hydrogen (secondary N) is 1. The zero-order chi connectivity index (χ0) is 21.5. The van der Waals surface area contributed by atoms with E-state index < -0.39 is 11.6 Å². The molecule has 0 aliphatic carbocycles. The summed E-state index contributed by atoms with van der Waals surface area (Å²) in [5, 5.41) is 9.94. The Labute approximate surface area is 177 Å². The molecule has 1 aliphatic heterocycles. The van der Waals surface area contributed by atoms with Crippen molar-refractivity contribution in [1.82, 2.24) is 15.0 Å². The van der Waals surface area contributed by atoms with Crippen molar-refractivity contribution >= 4 is 22.5 Å². The third-order valence-electron chi connectivity index (χ3n) is 5.49. The Morgan fingerprint density at radius 3 is 2.77 bits per heavy atom. The summed E-state index contributed by atoms with van der Waals surface area (Å²) in [5.74, 6) is -0.183. The van der Waals surface area contributed by atoms with Gasteiger partial charge < -0.3 is 19.7 Å². The van der Waals surface area contributed by atoms with Gasteiger partial charge in [-0.25, -0.2) is 18.7 Å². The molecule has 0 saturated carbocycles. The van der Waals surface area contributed by atoms with E-state index in [1.807, 2.05) is 41.4 Å². The van der Waals surface area contributed by atoms with Crippen LogP contribution in [-0.2, 0) is 6.42 Å². The van der Waals surface area contributed by atoms with Gasteiger partial charge in [-0.3, -0.25) is 0 Å². The number of aromatic nitrogens is 3. The highest BCUT2D eigenvalue weighted by atomic mass is 19.2. The number of halogens is 2. The molecule has 0 radical (unpaired) electrons. The summed E-state index contributed by atoms with van der Waals surface area (Å²) in [7, 11) is 0. The lowest BCUT2D eigenvalue weighted by atomic mass is 10.1. The van der Waals surface area contributed by atoms with E-state index in [9.17, 15) is 13.9 Å². The fraction of sp³-hybridized carbons (Fsp3) is 0.217. The standard InChI is InChI=1S/C23H20F2N4O2/c1-2-13-6-7-21(26-10-13)29-14(11-30)12-31-22-15(4-3-5-20(22)29)23-27-18-8-16(24)17(25)9-19(18)28-23/h3-10,14,30H,2,11-12H2,1H3,(H,27,28)/t14-/m0/s1. The molecule has 158 valence electrons. The number of benzene rings is 2. The molecule has 0 unspecified atom stereocenters. The van der Waals surface area contributed by atoms with E-state index in [0.717, 1.165) is 29.8 Å². The minimum Gasteiger partial charge on any atom is -0.488 e. The van der Waals surface area contributed by atoms with Gasteiger partial charge in [0.2, 0.25) is 0 Å². The second-order valence-electron chi connectivity index (χ2n) is 7.42. The van der Waals surface area contributed by atoms with E-state index in [1.54, 1.807) is 0 Å². The van der Waals surface area contributed by atoms with Gasteiger partial charge in [0.05, 0.1) is 34.9 Å². The molecule has 2 N–H and O–H groups in total. The van der Waals surface area contributed by atoms with Crippen molar-refractivity contribution in [3.8, 4) is 17.1 Å². The predicted octanol–water partition coefficient (Wildman–Crippen LogP) is 4.36. The molecule has 1 aliphatic rings. The summed E-state index contributed by atoms with van der Waals surface area (Å²) in [6.45, 7) is 2.21. The molecule has 1 atom stereocenters. The summed E-state index contributed by atoms with van der Waals surface area (Å²) in [6, 6.07) is 11.3. The van der Waals surface area contributed by atoms with Crippen molar-refractivity contribution < 1.29 is 18.6 Å². The van der Waals surface area contributed by atoms with Crippen molar-refractivity contribution in [3.05, 3.63) is 65.9 Å². The first-order valence-corrected chi connectivity index (χ1v) is 10.0. The molecule has 2 aromatic heterocycles. The van der Waals surface area contributed by atoms with E-state index >= 15 is 0 Å². The molecule has 0 saturated heterocycles. The molecule has 31 heavy (non-hydrogen) atoms. The number of aliphatic hydroxyl groups is 1. The van der Waals surface area contributed by atoms with Gasteiger partial charge in [0.15, 0.2) is 17.4 Å². The molecule has 0 amide bonds. The van der Waals surface area contributed by atoms with E-state index in [-0.39, 0.29) is 19.3 Å². The minimum atomic E-state index is -0.949. The molecule has 8 heteroatoms. The maximum absolute atomic E-state index is 13.6. The molecular weight excluding hydrogens is 402 g/mol. The number of anilines is 2. The number of pyridine rings is 1. The van der Waals surface area contributed by atoms with Crippen LogP contribution in [0.25, 0.3) is 22.4 Å². The molecule has 0 spiro atoms. The van der Waals surface area contributed by atoms with Crippen molar-refractivity contribution in [3.63, 3.8) is 0 Å². The normalized spacial score (nSPS) is 15.7. The Morgan fingerprint density at radius 2 is 2.03 bits per heavy atom. The SMILES string of the molecule is CCc1ccc(N2c3cccc(-c4nc5cc(F)c(F)cc5[nH]4)c3OC[C@@H]2CO)nc1. The molecule has 0 fully saturated rings. The highest BCUT2D eigenvalue weighted by Gasteiger charge is 2.31. The molecule has 0 bridgehead atoms. The van der Waals surface area contributed by atoms with E-state index in [1.165, 1.54) is 0 Å². The largest absolute Gasteiger partial charge is 0.488 e. The number of hydrogen-bond donors (Lipinski definition) is 2. The monoisotopic (exact) mass is 422 g/mol. The fourth-order valence-electron chi connectivity index (χ4n) is 3.85. The van der Waals surface area contributed by atoms with E-state index in [2.05, 4.69) is 21.9 Å². The average Bonchev–Trinajstić information content (AvgIpc) is 3.20. The summed E-state index contributed by atoms with van der Waals surface area (Å²) in [6.07, 6.45) is 2.71. The number of aryl methyl sites for hydroxylation is 1. The number of nitrogens with zero attached hydrogens (tertiary/aromatic N) is 3. The van der Waals surface area contributed by atoms with E-state index in [0.29, 0.717) is 34.0 Å². The number of ether oxygens (including phenoxy) is 1. The van der Waals surface area contributed by atoms with Crippen LogP contribution < -0.4 is 9.64 Å². The third kappa shape index (κ3) is 3.29. The molecule has 4 aromatic rings. The number of rotatable bonds is 4. The van der Waals surface area contributed by atoms with Gasteiger partial charge in [0, 0.05) is 18.3 Å². The smallest absolute Gasteiger partial charge is 0.161 e. The summed E-state index contributed by atoms with van der Waals surface area (Å²) in [4.78, 5) is 14.0. The Balaban J connectivity index is 1.63. The van der Waals surface area contributed by atoms with Crippen LogP contribution in [-0.4, -0.2) is 39.3 Å². The first-order valence-electron chi connectivity index (χ1n) is 10.0. The van der Waals surface area contributed by atoms with Crippen LogP contribution in [0.5, 0.6) is 5.75 Å². The van der Waals surface area contributed by atoms with Gasteiger partial charge in [0.1, 0.15) is 18.2 Å². The van der Waals surface area contributed by atoms with Crippen LogP contribution >= 0.6 is 0 Å². The van der Waals surface area contributed by atoms with Gasteiger partial charge in [0.25, 0.3) is 0 Å². The van der Waals surface area contributed by atoms with Crippen LogP contribution in [0, 0.1) is 11.6 Å². The van der Waals surface area contributed by atoms with Gasteiger partial charge in [-0.15, -0.1) is 0 Å². The zero-order valence-electron chi connectivity index (χ0n) is 16.8. The molecular formula is C23H20F2N4O2. The minimum absolute atomic E-state index is 0.107. The van der Waals surface area contributed by atoms with Crippen LogP contribution in [0.15, 0.2) is 48.7 Å². The number of hydrogen-bond acceptors (Lipinski definition) is 5. The predicted molar refractivity (Wildman–Crippen MR) is 114 cm³/mol. The van der Waals surface area contributed by atoms with E-state index in [4.69, 9.17) is 4.74 Å². The first kappa shape index (κ1) is 19.4. The Kier molecular flexibility index (Phi) is 4.78. The van der Waals surface area contributed by atoms with Crippen molar-refractivity contribution in [2.45, 2.75) is 19.4 Å². The molecule has 5 rings (SSSR count). The number of H-pyrrole nitrogens is 1. The summed E-state index contributed by atoms with van der Waals surface area (Å²) in [5.41, 5.74) is 3.22. The molecule has 3 heterocycles. The summed E-state index contributed by atoms with van der Waals surface area (Å²) < 4.78 is 33.3. The molecule has 6 nitrogen and oxygen atoms in total. The quantitative estimate of drug-likeness (QED) is 0.511. The fourth-order valence-corrected chi connectivity index (χ4v) is 3.85. The maximum atomic E-state index is 13.6. The Bertz CT molecular complexity index is 1220. The van der Waals surface area contributed by atoms with Crippen molar-refractivity contribution in [1.29, 1.82) is 0 Å². The summed E-state index contributed by atoms with van der Waals surface area (Å²) >= 11 is 0. The lowest BCUT2D eigenvalue weighted by Crippen LogP contribution is -2.43. The topological polar surface area (TPSA) is 74.3 Å². The third-order valence-corrected chi connectivity index (χ3v) is 5.49. The van der Waals surface area contributed by atoms with Crippen molar-refractivity contribution in [2.75, 3.05) is 18.1 Å². The number of para-hydroxylation sites is 1. The average molecular weight is 422 g/mol. The van der Waals surface area contributed by atoms with Crippen molar-refractivity contribution in [2.24, 2.45) is 0 Å². The van der Waals surface area contributed by atoms with Crippen LogP contribution in [0.4, 0.5) is 20.3 Å². The zero-order valence-corrected chi connectivity index (χ0v) is 16.8. The first-order chi connectivity index (χ1) is 15.1. The van der Waals surface area contributed by atoms with Gasteiger partial charge in [-0.05, 0) is 30.2 Å². The highest BCUT2D eigenvalue weighted by Crippen LogP contribution is 2.44. The molecule has 2 aromatic carbocycles. The van der Waals surface area contributed by atoms with Crippen LogP contribution in [0.2, 0.25) is 0 Å². The van der Waals surface area contributed by atoms with Crippen LogP contribution in [0.3, 0.4) is 0 Å². The van der Waals surface area contributed by atoms with Gasteiger partial charge in [-0.1, -0.05) is 19.1 Å². The van der Waals surface area contributed by atoms with Crippen LogP contribution in [0.1, 0.15) is 12.5 Å². The number of fused-ring (bicyclic) bond motifs is 2. The second-order valence-corrected chi connectivity index (χ2v) is 7.42. The lowest BCUT2D eigenvalue weighted by Gasteiger charge is -2.37. The highest BCUT2D eigenvalue weighted by molar-refractivity contribution is 5.85.